The van der Waals surface area contributed by atoms with Crippen molar-refractivity contribution < 1.29 is 17.9 Å². The lowest BCUT2D eigenvalue weighted by atomic mass is 10.2. The zero-order valence-corrected chi connectivity index (χ0v) is 19.7. The normalized spacial score (nSPS) is 11.2. The van der Waals surface area contributed by atoms with Gasteiger partial charge in [-0.2, -0.15) is 0 Å². The summed E-state index contributed by atoms with van der Waals surface area (Å²) in [5, 5.41) is 10.9. The molecule has 0 fully saturated rings. The summed E-state index contributed by atoms with van der Waals surface area (Å²) in [6, 6.07) is 13.2. The van der Waals surface area contributed by atoms with Crippen LogP contribution in [0.3, 0.4) is 0 Å². The molecule has 0 spiro atoms. The summed E-state index contributed by atoms with van der Waals surface area (Å²) in [6.45, 7) is 3.71. The first kappa shape index (κ1) is 23.0. The van der Waals surface area contributed by atoms with Crippen LogP contribution in [0.5, 0.6) is 5.75 Å². The van der Waals surface area contributed by atoms with Gasteiger partial charge in [-0.15, -0.1) is 10.2 Å². The van der Waals surface area contributed by atoms with Gasteiger partial charge in [0, 0.05) is 7.05 Å². The number of nitrogens with zero attached hydrogens (tertiary/aromatic N) is 3. The van der Waals surface area contributed by atoms with E-state index in [1.165, 1.54) is 22.7 Å². The highest BCUT2D eigenvalue weighted by Gasteiger charge is 2.21. The van der Waals surface area contributed by atoms with Crippen LogP contribution in [0.4, 0.5) is 10.8 Å². The molecule has 11 heteroatoms. The fraction of sp³-hybridized carbons (Fsp3) is 0.250. The first-order valence-corrected chi connectivity index (χ1v) is 12.6. The number of carbonyl (C=O) groups is 1. The molecular weight excluding hydrogens is 456 g/mol. The molecule has 2 aromatic carbocycles. The number of ether oxygens (including phenoxy) is 1. The van der Waals surface area contributed by atoms with Gasteiger partial charge in [-0.05, 0) is 49.1 Å². The van der Waals surface area contributed by atoms with Gasteiger partial charge in [0.2, 0.25) is 5.13 Å². The van der Waals surface area contributed by atoms with Gasteiger partial charge in [0.25, 0.3) is 15.9 Å². The van der Waals surface area contributed by atoms with Crippen molar-refractivity contribution in [2.75, 3.05) is 29.0 Å². The van der Waals surface area contributed by atoms with Crippen LogP contribution in [0.15, 0.2) is 57.8 Å². The molecule has 164 valence electrons. The zero-order valence-electron chi connectivity index (χ0n) is 17.2. The molecular formula is C20H22N4O4S3. The Morgan fingerprint density at radius 1 is 1.13 bits per heavy atom. The molecule has 1 amide bonds. The molecule has 3 rings (SSSR count). The lowest BCUT2D eigenvalue weighted by Crippen LogP contribution is -2.26. The number of anilines is 2. The second kappa shape index (κ2) is 10.1. The third-order valence-electron chi connectivity index (χ3n) is 4.17. The summed E-state index contributed by atoms with van der Waals surface area (Å²) < 4.78 is 33.1. The van der Waals surface area contributed by atoms with Gasteiger partial charge >= 0.3 is 0 Å². The maximum Gasteiger partial charge on any atom is 0.264 e. The molecule has 0 aliphatic carbocycles. The Hall–Kier alpha value is -2.63. The van der Waals surface area contributed by atoms with Crippen molar-refractivity contribution in [3.05, 3.63) is 54.1 Å². The number of nitrogens with one attached hydrogen (secondary N) is 1. The zero-order chi connectivity index (χ0) is 22.4. The molecule has 1 N–H and O–H groups in total. The molecule has 0 saturated heterocycles. The van der Waals surface area contributed by atoms with E-state index in [0.29, 0.717) is 16.6 Å². The van der Waals surface area contributed by atoms with E-state index in [2.05, 4.69) is 15.5 Å². The molecule has 0 unspecified atom stereocenters. The lowest BCUT2D eigenvalue weighted by molar-refractivity contribution is -0.118. The highest BCUT2D eigenvalue weighted by molar-refractivity contribution is 8.01. The van der Waals surface area contributed by atoms with Crippen molar-refractivity contribution in [2.45, 2.75) is 23.1 Å². The van der Waals surface area contributed by atoms with Gasteiger partial charge in [0.15, 0.2) is 10.9 Å². The number of benzene rings is 2. The van der Waals surface area contributed by atoms with Gasteiger partial charge < -0.3 is 4.74 Å². The highest BCUT2D eigenvalue weighted by Crippen LogP contribution is 2.26. The number of sulfonamides is 1. The second-order valence-corrected chi connectivity index (χ2v) is 10.9. The number of thioether (sulfide) groups is 1. The summed E-state index contributed by atoms with van der Waals surface area (Å²) in [6.07, 6.45) is 0. The minimum absolute atomic E-state index is 0.202. The number of aromatic nitrogens is 2. The molecule has 0 aliphatic heterocycles. The largest absolute Gasteiger partial charge is 0.484 e. The lowest BCUT2D eigenvalue weighted by Gasteiger charge is -2.20. The molecule has 8 nitrogen and oxygen atoms in total. The SMILES string of the molecule is CCSc1nnc(NC(=O)COc2ccc(N(C)S(=O)(=O)c3ccc(C)cc3)cc2)s1. The smallest absolute Gasteiger partial charge is 0.264 e. The quantitative estimate of drug-likeness (QED) is 0.369. The molecule has 1 aromatic heterocycles. The van der Waals surface area contributed by atoms with Crippen LogP contribution in [0.25, 0.3) is 0 Å². The molecule has 0 saturated carbocycles. The molecule has 31 heavy (non-hydrogen) atoms. The van der Waals surface area contributed by atoms with Crippen molar-refractivity contribution >= 4 is 49.8 Å². The monoisotopic (exact) mass is 478 g/mol. The van der Waals surface area contributed by atoms with E-state index in [1.54, 1.807) is 60.3 Å². The number of aryl methyl sites for hydroxylation is 1. The molecule has 0 radical (unpaired) electrons. The fourth-order valence-electron chi connectivity index (χ4n) is 2.51. The third-order valence-corrected chi connectivity index (χ3v) is 7.82. The van der Waals surface area contributed by atoms with Crippen LogP contribution in [-0.2, 0) is 14.8 Å². The van der Waals surface area contributed by atoms with Crippen LogP contribution in [0, 0.1) is 6.92 Å². The summed E-state index contributed by atoms with van der Waals surface area (Å²) in [5.74, 6) is 0.968. The van der Waals surface area contributed by atoms with Gasteiger partial charge in [-0.1, -0.05) is 47.7 Å². The molecule has 0 atom stereocenters. The summed E-state index contributed by atoms with van der Waals surface area (Å²) in [7, 11) is -2.18. The minimum atomic E-state index is -3.67. The van der Waals surface area contributed by atoms with E-state index in [0.717, 1.165) is 15.7 Å². The topological polar surface area (TPSA) is 101 Å². The van der Waals surface area contributed by atoms with Crippen molar-refractivity contribution in [1.29, 1.82) is 0 Å². The number of rotatable bonds is 9. The van der Waals surface area contributed by atoms with E-state index in [4.69, 9.17) is 4.74 Å². The van der Waals surface area contributed by atoms with Crippen LogP contribution in [0.1, 0.15) is 12.5 Å². The van der Waals surface area contributed by atoms with Gasteiger partial charge in [-0.3, -0.25) is 14.4 Å². The molecule has 3 aromatic rings. The Morgan fingerprint density at radius 3 is 2.45 bits per heavy atom. The van der Waals surface area contributed by atoms with Crippen molar-refractivity contribution in [2.24, 2.45) is 0 Å². The van der Waals surface area contributed by atoms with E-state index < -0.39 is 10.0 Å². The van der Waals surface area contributed by atoms with E-state index >= 15 is 0 Å². The number of carbonyl (C=O) groups excluding carboxylic acids is 1. The maximum atomic E-state index is 12.8. The average Bonchev–Trinajstić information content (AvgIpc) is 3.19. The van der Waals surface area contributed by atoms with Gasteiger partial charge in [0.1, 0.15) is 5.75 Å². The Morgan fingerprint density at radius 2 is 1.81 bits per heavy atom. The molecule has 0 bridgehead atoms. The van der Waals surface area contributed by atoms with Gasteiger partial charge in [0.05, 0.1) is 10.6 Å². The number of hydrogen-bond donors (Lipinski definition) is 1. The van der Waals surface area contributed by atoms with E-state index in [9.17, 15) is 13.2 Å². The Balaban J connectivity index is 1.58. The summed E-state index contributed by atoms with van der Waals surface area (Å²) >= 11 is 2.86. The van der Waals surface area contributed by atoms with Crippen molar-refractivity contribution in [3.8, 4) is 5.75 Å². The summed E-state index contributed by atoms with van der Waals surface area (Å²) in [4.78, 5) is 12.3. The predicted octanol–water partition coefficient (Wildman–Crippen LogP) is 3.80. The standard InChI is InChI=1S/C20H22N4O4S3/c1-4-29-20-23-22-19(30-20)21-18(25)13-28-16-9-7-15(8-10-16)24(3)31(26,27)17-11-5-14(2)6-12-17/h5-12H,4,13H2,1-3H3,(H,21,22,25). The number of amides is 1. The highest BCUT2D eigenvalue weighted by atomic mass is 32.2. The minimum Gasteiger partial charge on any atom is -0.484 e. The fourth-order valence-corrected chi connectivity index (χ4v) is 5.37. The van der Waals surface area contributed by atoms with E-state index in [1.807, 2.05) is 13.8 Å². The Bertz CT molecular complexity index is 1130. The first-order chi connectivity index (χ1) is 14.8. The van der Waals surface area contributed by atoms with Crippen LogP contribution in [-0.4, -0.2) is 43.9 Å². The van der Waals surface area contributed by atoms with Crippen molar-refractivity contribution in [3.63, 3.8) is 0 Å². The third kappa shape index (κ3) is 5.96. The average molecular weight is 479 g/mol. The molecule has 1 heterocycles. The maximum absolute atomic E-state index is 12.8. The van der Waals surface area contributed by atoms with E-state index in [-0.39, 0.29) is 17.4 Å². The van der Waals surface area contributed by atoms with Crippen LogP contribution < -0.4 is 14.4 Å². The predicted molar refractivity (Wildman–Crippen MR) is 124 cm³/mol. The number of hydrogen-bond acceptors (Lipinski definition) is 8. The second-order valence-electron chi connectivity index (χ2n) is 6.42. The Kier molecular flexibility index (Phi) is 7.52. The first-order valence-electron chi connectivity index (χ1n) is 9.34. The van der Waals surface area contributed by atoms with Crippen LogP contribution >= 0.6 is 23.1 Å². The van der Waals surface area contributed by atoms with Crippen molar-refractivity contribution in [1.82, 2.24) is 10.2 Å². The van der Waals surface area contributed by atoms with Crippen LogP contribution in [0.2, 0.25) is 0 Å². The van der Waals surface area contributed by atoms with Gasteiger partial charge in [-0.25, -0.2) is 8.42 Å². The Labute approximate surface area is 189 Å². The summed E-state index contributed by atoms with van der Waals surface area (Å²) in [5.41, 5.74) is 1.46. The molecule has 0 aliphatic rings.